The third-order valence-electron chi connectivity index (χ3n) is 9.27. The molecule has 0 unspecified atom stereocenters. The number of pyridine rings is 1. The van der Waals surface area contributed by atoms with E-state index in [1.165, 1.54) is 12.1 Å². The van der Waals surface area contributed by atoms with Crippen LogP contribution in [0.5, 0.6) is 5.75 Å². The molecule has 3 fully saturated rings. The van der Waals surface area contributed by atoms with E-state index in [9.17, 15) is 9.59 Å². The van der Waals surface area contributed by atoms with Crippen LogP contribution in [0.3, 0.4) is 0 Å². The normalized spacial score (nSPS) is 19.9. The molecule has 4 aromatic rings. The number of imidazole rings is 1. The zero-order valence-electron chi connectivity index (χ0n) is 25.6. The lowest BCUT2D eigenvalue weighted by molar-refractivity contribution is -0.135. The molecule has 11 heteroatoms. The van der Waals surface area contributed by atoms with Crippen LogP contribution in [0.4, 0.5) is 16.0 Å². The van der Waals surface area contributed by atoms with Gasteiger partial charge in [0, 0.05) is 49.1 Å². The highest BCUT2D eigenvalue weighted by Gasteiger charge is 2.36. The molecule has 0 radical (unpaired) electrons. The van der Waals surface area contributed by atoms with Gasteiger partial charge >= 0.3 is 0 Å². The number of nitrogens with zero attached hydrogens (tertiary/aromatic N) is 5. The standard InChI is InChI=1S/C34H38FN7O3/c1-3-45-26-16-24(34(44)39-27-17-22(10-11-37-27)21-8-9-21)15-25(35)29(26)30-31-32(36)38-12-13-41(31)33(40-30)23-7-4-19(2)42(18-23)28(43)14-20-5-6-20/h10-13,15-17,19-21,23H,3-9,14,18H2,1-2H3,(H2,36,38)(H,37,39,44)/t19-,23-/m1/s1. The second-order valence-electron chi connectivity index (χ2n) is 12.6. The average Bonchev–Trinajstić information content (AvgIpc) is 3.96. The van der Waals surface area contributed by atoms with E-state index in [2.05, 4.69) is 22.2 Å². The number of carbonyl (C=O) groups is 2. The summed E-state index contributed by atoms with van der Waals surface area (Å²) in [6, 6.07) is 6.69. The first-order chi connectivity index (χ1) is 21.8. The van der Waals surface area contributed by atoms with Crippen molar-refractivity contribution in [3.8, 4) is 17.0 Å². The van der Waals surface area contributed by atoms with E-state index >= 15 is 4.39 Å². The first kappa shape index (κ1) is 29.2. The maximum absolute atomic E-state index is 16.2. The summed E-state index contributed by atoms with van der Waals surface area (Å²) in [6.07, 6.45) is 11.8. The SMILES string of the molecule is CCOc1cc(C(=O)Nc2cc(C3CC3)ccn2)cc(F)c1-c1nc([C@@H]2CC[C@@H](C)N(C(=O)CC3CC3)C2)n2ccnc(N)c12. The number of benzene rings is 1. The highest BCUT2D eigenvalue weighted by molar-refractivity contribution is 6.05. The lowest BCUT2D eigenvalue weighted by Crippen LogP contribution is -2.45. The number of ether oxygens (including phenoxy) is 1. The van der Waals surface area contributed by atoms with Gasteiger partial charge in [0.2, 0.25) is 5.91 Å². The van der Waals surface area contributed by atoms with Crippen LogP contribution in [0.15, 0.2) is 42.9 Å². The van der Waals surface area contributed by atoms with Crippen LogP contribution >= 0.6 is 0 Å². The van der Waals surface area contributed by atoms with Crippen molar-refractivity contribution in [1.29, 1.82) is 0 Å². The number of rotatable bonds is 9. The molecule has 1 saturated heterocycles. The monoisotopic (exact) mass is 611 g/mol. The largest absolute Gasteiger partial charge is 0.493 e. The van der Waals surface area contributed by atoms with E-state index in [0.717, 1.165) is 44.1 Å². The molecule has 45 heavy (non-hydrogen) atoms. The van der Waals surface area contributed by atoms with E-state index in [0.29, 0.717) is 42.0 Å². The van der Waals surface area contributed by atoms with Crippen LogP contribution in [0, 0.1) is 11.7 Å². The van der Waals surface area contributed by atoms with Crippen molar-refractivity contribution < 1.29 is 18.7 Å². The van der Waals surface area contributed by atoms with E-state index in [1.54, 1.807) is 25.5 Å². The summed E-state index contributed by atoms with van der Waals surface area (Å²) in [6.45, 7) is 4.67. The minimum absolute atomic E-state index is 0.0741. The van der Waals surface area contributed by atoms with Crippen LogP contribution in [0.2, 0.25) is 0 Å². The Hall–Kier alpha value is -4.54. The molecule has 10 nitrogen and oxygen atoms in total. The Morgan fingerprint density at radius 1 is 1.07 bits per heavy atom. The van der Waals surface area contributed by atoms with Crippen LogP contribution in [0.25, 0.3) is 16.8 Å². The van der Waals surface area contributed by atoms with Crippen LogP contribution in [-0.4, -0.2) is 55.3 Å². The number of aromatic nitrogens is 4. The molecular weight excluding hydrogens is 573 g/mol. The summed E-state index contributed by atoms with van der Waals surface area (Å²) in [7, 11) is 0. The zero-order chi connectivity index (χ0) is 31.2. The minimum Gasteiger partial charge on any atom is -0.493 e. The predicted octanol–water partition coefficient (Wildman–Crippen LogP) is 5.94. The van der Waals surface area contributed by atoms with Gasteiger partial charge in [-0.1, -0.05) is 0 Å². The molecule has 2 atom stereocenters. The van der Waals surface area contributed by atoms with Crippen molar-refractivity contribution in [3.63, 3.8) is 0 Å². The topological polar surface area (TPSA) is 128 Å². The molecule has 2 saturated carbocycles. The van der Waals surface area contributed by atoms with Crippen molar-refractivity contribution in [1.82, 2.24) is 24.3 Å². The highest BCUT2D eigenvalue weighted by atomic mass is 19.1. The molecule has 2 aliphatic carbocycles. The number of fused-ring (bicyclic) bond motifs is 1. The number of hydrogen-bond donors (Lipinski definition) is 2. The first-order valence-electron chi connectivity index (χ1n) is 16.0. The van der Waals surface area contributed by atoms with Gasteiger partial charge in [0.1, 0.15) is 40.2 Å². The molecule has 3 N–H and O–H groups in total. The lowest BCUT2D eigenvalue weighted by atomic mass is 9.92. The maximum Gasteiger partial charge on any atom is 0.257 e. The number of halogens is 1. The zero-order valence-corrected chi connectivity index (χ0v) is 25.6. The molecule has 1 aliphatic heterocycles. The van der Waals surface area contributed by atoms with Crippen molar-refractivity contribution >= 4 is 29.0 Å². The van der Waals surface area contributed by atoms with E-state index < -0.39 is 11.7 Å². The quantitative estimate of drug-likeness (QED) is 0.240. The Bertz CT molecular complexity index is 1780. The number of amides is 2. The highest BCUT2D eigenvalue weighted by Crippen LogP contribution is 2.42. The molecule has 0 bridgehead atoms. The second kappa shape index (κ2) is 11.8. The first-order valence-corrected chi connectivity index (χ1v) is 16.0. The van der Waals surface area contributed by atoms with Crippen molar-refractivity contribution in [2.45, 2.75) is 76.7 Å². The summed E-state index contributed by atoms with van der Waals surface area (Å²) in [5.74, 6) is 1.44. The minimum atomic E-state index is -0.668. The van der Waals surface area contributed by atoms with Gasteiger partial charge in [-0.2, -0.15) is 0 Å². The molecule has 1 aromatic carbocycles. The summed E-state index contributed by atoms with van der Waals surface area (Å²) in [4.78, 5) is 42.0. The van der Waals surface area contributed by atoms with E-state index in [-0.39, 0.29) is 52.9 Å². The molecule has 3 aliphatic rings. The smallest absolute Gasteiger partial charge is 0.257 e. The summed E-state index contributed by atoms with van der Waals surface area (Å²) >= 11 is 0. The molecule has 4 heterocycles. The fraction of sp³-hybridized carbons (Fsp3) is 0.441. The number of hydrogen-bond acceptors (Lipinski definition) is 7. The molecule has 7 rings (SSSR count). The summed E-state index contributed by atoms with van der Waals surface area (Å²) < 4.78 is 24.0. The number of likely N-dealkylation sites (tertiary alicyclic amines) is 1. The van der Waals surface area contributed by atoms with Gasteiger partial charge in [-0.25, -0.2) is 19.3 Å². The van der Waals surface area contributed by atoms with Gasteiger partial charge in [0.25, 0.3) is 5.91 Å². The van der Waals surface area contributed by atoms with Crippen molar-refractivity contribution in [2.75, 3.05) is 24.2 Å². The maximum atomic E-state index is 16.2. The molecule has 3 aromatic heterocycles. The second-order valence-corrected chi connectivity index (χ2v) is 12.6. The van der Waals surface area contributed by atoms with Gasteiger partial charge in [0.15, 0.2) is 0 Å². The van der Waals surface area contributed by atoms with E-state index in [1.807, 2.05) is 21.4 Å². The number of nitrogens with two attached hydrogens (primary N) is 1. The lowest BCUT2D eigenvalue weighted by Gasteiger charge is -2.37. The molecular formula is C34H38FN7O3. The van der Waals surface area contributed by atoms with Gasteiger partial charge < -0.3 is 20.7 Å². The van der Waals surface area contributed by atoms with Crippen LogP contribution < -0.4 is 15.8 Å². The Balaban J connectivity index is 1.24. The molecule has 2 amide bonds. The number of piperidine rings is 1. The third kappa shape index (κ3) is 5.83. The fourth-order valence-electron chi connectivity index (χ4n) is 6.49. The molecule has 234 valence electrons. The Morgan fingerprint density at radius 3 is 2.62 bits per heavy atom. The number of anilines is 2. The van der Waals surface area contributed by atoms with Gasteiger partial charge in [-0.05, 0) is 94.0 Å². The van der Waals surface area contributed by atoms with Gasteiger partial charge in [-0.3, -0.25) is 14.0 Å². The number of nitrogen functional groups attached to an aromatic ring is 1. The number of carbonyl (C=O) groups excluding carboxylic acids is 2. The van der Waals surface area contributed by atoms with Gasteiger partial charge in [0.05, 0.1) is 12.2 Å². The van der Waals surface area contributed by atoms with Crippen molar-refractivity contribution in [2.24, 2.45) is 5.92 Å². The van der Waals surface area contributed by atoms with Crippen LogP contribution in [0.1, 0.15) is 92.4 Å². The predicted molar refractivity (Wildman–Crippen MR) is 169 cm³/mol. The fourth-order valence-corrected chi connectivity index (χ4v) is 6.49. The average molecular weight is 612 g/mol. The Morgan fingerprint density at radius 2 is 1.87 bits per heavy atom. The third-order valence-corrected chi connectivity index (χ3v) is 9.27. The summed E-state index contributed by atoms with van der Waals surface area (Å²) in [5, 5.41) is 2.80. The number of nitrogens with one attached hydrogen (secondary N) is 1. The Kier molecular flexibility index (Phi) is 7.63. The van der Waals surface area contributed by atoms with Crippen molar-refractivity contribution in [3.05, 3.63) is 65.6 Å². The Labute approximate surface area is 261 Å². The van der Waals surface area contributed by atoms with E-state index in [4.69, 9.17) is 15.5 Å². The summed E-state index contributed by atoms with van der Waals surface area (Å²) in [5.41, 5.74) is 8.49. The molecule has 0 spiro atoms. The van der Waals surface area contributed by atoms with Crippen LogP contribution in [-0.2, 0) is 4.79 Å². The van der Waals surface area contributed by atoms with Gasteiger partial charge in [-0.15, -0.1) is 0 Å².